The van der Waals surface area contributed by atoms with Crippen LogP contribution in [-0.2, 0) is 12.8 Å². The summed E-state index contributed by atoms with van der Waals surface area (Å²) in [5.41, 5.74) is -0.275. The number of halogens is 4. The number of hydrogen-bond donors (Lipinski definition) is 1. The summed E-state index contributed by atoms with van der Waals surface area (Å²) in [6.45, 7) is -0.564. The molecule has 2 rings (SSSR count). The van der Waals surface area contributed by atoms with Gasteiger partial charge in [-0.05, 0) is 23.8 Å². The van der Waals surface area contributed by atoms with Crippen LogP contribution in [0, 0.1) is 5.95 Å². The van der Waals surface area contributed by atoms with Gasteiger partial charge in [0.15, 0.2) is 0 Å². The first-order valence-electron chi connectivity index (χ1n) is 5.34. The fourth-order valence-electron chi connectivity index (χ4n) is 1.64. The summed E-state index contributed by atoms with van der Waals surface area (Å²) in [6, 6.07) is 5.91. The summed E-state index contributed by atoms with van der Waals surface area (Å²) in [4.78, 5) is 3.41. The molecule has 0 bridgehead atoms. The summed E-state index contributed by atoms with van der Waals surface area (Å²) in [5, 5.41) is 8.91. The molecule has 100 valence electrons. The highest BCUT2D eigenvalue weighted by Gasteiger charge is 2.30. The van der Waals surface area contributed by atoms with Crippen LogP contribution in [0.2, 0.25) is 0 Å². The van der Waals surface area contributed by atoms with Crippen molar-refractivity contribution in [3.8, 4) is 11.1 Å². The van der Waals surface area contributed by atoms with Gasteiger partial charge in [0.05, 0.1) is 12.2 Å². The lowest BCUT2D eigenvalue weighted by Gasteiger charge is -2.09. The molecule has 0 fully saturated rings. The number of nitrogens with zero attached hydrogens (tertiary/aromatic N) is 1. The predicted octanol–water partition coefficient (Wildman–Crippen LogP) is 3.40. The molecule has 1 N–H and O–H groups in total. The smallest absolute Gasteiger partial charge is 0.392 e. The normalized spacial score (nSPS) is 11.6. The second kappa shape index (κ2) is 4.97. The summed E-state index contributed by atoms with van der Waals surface area (Å²) in [7, 11) is 0. The second-order valence-electron chi connectivity index (χ2n) is 3.91. The Balaban J connectivity index is 2.47. The number of aromatic nitrogens is 1. The highest BCUT2D eigenvalue weighted by atomic mass is 19.4. The molecule has 1 aromatic carbocycles. The number of pyridine rings is 1. The molecular weight excluding hydrogens is 262 g/mol. The van der Waals surface area contributed by atoms with Crippen LogP contribution in [0.4, 0.5) is 17.6 Å². The molecule has 2 aromatic rings. The molecule has 1 heterocycles. The second-order valence-corrected chi connectivity index (χ2v) is 3.91. The Morgan fingerprint density at radius 3 is 2.47 bits per heavy atom. The van der Waals surface area contributed by atoms with Crippen molar-refractivity contribution in [3.63, 3.8) is 0 Å². The number of hydrogen-bond acceptors (Lipinski definition) is 2. The van der Waals surface area contributed by atoms with Crippen molar-refractivity contribution >= 4 is 0 Å². The van der Waals surface area contributed by atoms with Gasteiger partial charge in [0.25, 0.3) is 0 Å². The number of rotatable bonds is 2. The first-order valence-corrected chi connectivity index (χ1v) is 5.34. The van der Waals surface area contributed by atoms with Gasteiger partial charge in [0, 0.05) is 17.3 Å². The van der Waals surface area contributed by atoms with Crippen LogP contribution in [0.5, 0.6) is 0 Å². The summed E-state index contributed by atoms with van der Waals surface area (Å²) in [5.74, 6) is -0.835. The Bertz CT molecular complexity index is 595. The van der Waals surface area contributed by atoms with Crippen molar-refractivity contribution in [2.75, 3.05) is 0 Å². The Kier molecular flexibility index (Phi) is 3.53. The SMILES string of the molecule is OCc1cc(-c2cccc(C(F)(F)F)c2)cnc1F. The first-order chi connectivity index (χ1) is 8.91. The van der Waals surface area contributed by atoms with Crippen LogP contribution >= 0.6 is 0 Å². The van der Waals surface area contributed by atoms with Gasteiger partial charge in [0.1, 0.15) is 0 Å². The molecule has 0 aliphatic carbocycles. The van der Waals surface area contributed by atoms with Crippen molar-refractivity contribution in [2.24, 2.45) is 0 Å². The average molecular weight is 271 g/mol. The van der Waals surface area contributed by atoms with E-state index >= 15 is 0 Å². The standard InChI is InChI=1S/C13H9F4NO/c14-12-10(7-19)4-9(6-18-12)8-2-1-3-11(5-8)13(15,16)17/h1-6,19H,7H2. The van der Waals surface area contributed by atoms with E-state index in [1.165, 1.54) is 18.2 Å². The summed E-state index contributed by atoms with van der Waals surface area (Å²) < 4.78 is 50.8. The molecule has 0 unspecified atom stereocenters. The van der Waals surface area contributed by atoms with Crippen molar-refractivity contribution in [1.82, 2.24) is 4.98 Å². The van der Waals surface area contributed by atoms with E-state index in [0.717, 1.165) is 18.3 Å². The number of aliphatic hydroxyl groups is 1. The Labute approximate surface area is 106 Å². The number of alkyl halides is 3. The van der Waals surface area contributed by atoms with E-state index in [0.29, 0.717) is 5.56 Å². The third-order valence-corrected chi connectivity index (χ3v) is 2.61. The minimum Gasteiger partial charge on any atom is -0.392 e. The molecule has 2 nitrogen and oxygen atoms in total. The molecule has 6 heteroatoms. The molecule has 0 saturated carbocycles. The van der Waals surface area contributed by atoms with E-state index in [9.17, 15) is 17.6 Å². The van der Waals surface area contributed by atoms with E-state index in [1.54, 1.807) is 0 Å². The van der Waals surface area contributed by atoms with Crippen molar-refractivity contribution < 1.29 is 22.7 Å². The molecule has 1 aromatic heterocycles. The molecule has 0 saturated heterocycles. The van der Waals surface area contributed by atoms with Crippen LogP contribution in [0.1, 0.15) is 11.1 Å². The minimum absolute atomic E-state index is 0.0603. The monoisotopic (exact) mass is 271 g/mol. The third kappa shape index (κ3) is 2.90. The maximum Gasteiger partial charge on any atom is 0.416 e. The third-order valence-electron chi connectivity index (χ3n) is 2.61. The Hall–Kier alpha value is -1.95. The van der Waals surface area contributed by atoms with Gasteiger partial charge in [-0.2, -0.15) is 17.6 Å². The maximum atomic E-state index is 13.1. The highest BCUT2D eigenvalue weighted by Crippen LogP contribution is 2.32. The van der Waals surface area contributed by atoms with Crippen LogP contribution < -0.4 is 0 Å². The zero-order valence-corrected chi connectivity index (χ0v) is 9.58. The van der Waals surface area contributed by atoms with Gasteiger partial charge < -0.3 is 5.11 Å². The lowest BCUT2D eigenvalue weighted by Crippen LogP contribution is -2.04. The highest BCUT2D eigenvalue weighted by molar-refractivity contribution is 5.64. The molecule has 0 aliphatic rings. The van der Waals surface area contributed by atoms with E-state index in [2.05, 4.69) is 4.98 Å². The van der Waals surface area contributed by atoms with Crippen molar-refractivity contribution in [2.45, 2.75) is 12.8 Å². The molecule has 0 aliphatic heterocycles. The lowest BCUT2D eigenvalue weighted by atomic mass is 10.0. The molecular formula is C13H9F4NO. The van der Waals surface area contributed by atoms with Crippen molar-refractivity contribution in [1.29, 1.82) is 0 Å². The average Bonchev–Trinajstić information content (AvgIpc) is 2.38. The molecule has 0 atom stereocenters. The van der Waals surface area contributed by atoms with Gasteiger partial charge >= 0.3 is 6.18 Å². The predicted molar refractivity (Wildman–Crippen MR) is 60.6 cm³/mol. The maximum absolute atomic E-state index is 13.1. The summed E-state index contributed by atoms with van der Waals surface area (Å²) in [6.07, 6.45) is -3.31. The van der Waals surface area contributed by atoms with Gasteiger partial charge in [-0.1, -0.05) is 12.1 Å². The molecule has 0 radical (unpaired) electrons. The van der Waals surface area contributed by atoms with Crippen LogP contribution in [-0.4, -0.2) is 10.1 Å². The first kappa shape index (κ1) is 13.5. The van der Waals surface area contributed by atoms with Crippen LogP contribution in [0.15, 0.2) is 36.5 Å². The minimum atomic E-state index is -4.44. The van der Waals surface area contributed by atoms with E-state index in [4.69, 9.17) is 5.11 Å². The summed E-state index contributed by atoms with van der Waals surface area (Å²) >= 11 is 0. The lowest BCUT2D eigenvalue weighted by molar-refractivity contribution is -0.137. The van der Waals surface area contributed by atoms with E-state index < -0.39 is 24.3 Å². The van der Waals surface area contributed by atoms with Crippen LogP contribution in [0.3, 0.4) is 0 Å². The fourth-order valence-corrected chi connectivity index (χ4v) is 1.64. The molecule has 19 heavy (non-hydrogen) atoms. The molecule has 0 amide bonds. The van der Waals surface area contributed by atoms with Gasteiger partial charge in [-0.3, -0.25) is 0 Å². The number of aliphatic hydroxyl groups excluding tert-OH is 1. The van der Waals surface area contributed by atoms with Gasteiger partial charge in [-0.25, -0.2) is 4.98 Å². The van der Waals surface area contributed by atoms with Crippen molar-refractivity contribution in [3.05, 3.63) is 53.6 Å². The van der Waals surface area contributed by atoms with E-state index in [-0.39, 0.29) is 11.1 Å². The van der Waals surface area contributed by atoms with Gasteiger partial charge in [0.2, 0.25) is 5.95 Å². The van der Waals surface area contributed by atoms with Crippen LogP contribution in [0.25, 0.3) is 11.1 Å². The molecule has 0 spiro atoms. The zero-order chi connectivity index (χ0) is 14.0. The quantitative estimate of drug-likeness (QED) is 0.670. The van der Waals surface area contributed by atoms with Gasteiger partial charge in [-0.15, -0.1) is 0 Å². The Morgan fingerprint density at radius 2 is 1.84 bits per heavy atom. The fraction of sp³-hybridized carbons (Fsp3) is 0.154. The number of benzene rings is 1. The zero-order valence-electron chi connectivity index (χ0n) is 9.58. The Morgan fingerprint density at radius 1 is 1.11 bits per heavy atom. The largest absolute Gasteiger partial charge is 0.416 e. The van der Waals surface area contributed by atoms with E-state index in [1.807, 2.05) is 0 Å². The topological polar surface area (TPSA) is 33.1 Å².